The summed E-state index contributed by atoms with van der Waals surface area (Å²) in [7, 11) is -4.39. The van der Waals surface area contributed by atoms with E-state index in [1.807, 2.05) is 0 Å². The topological polar surface area (TPSA) is 134 Å². The smallest absolute Gasteiger partial charge is 0.462 e. The molecule has 0 bridgehead atoms. The SMILES string of the molecule is CCCCC/C=C\C/C=C\C/C=C\CCCCCCCCC(=O)OC(COC(=O)CCCCCCCCC/C=C\C/C=C\CCCCC)COP(=O)(O)OCCN. The van der Waals surface area contributed by atoms with Crippen molar-refractivity contribution in [3.63, 3.8) is 0 Å². The van der Waals surface area contributed by atoms with Crippen molar-refractivity contribution < 1.29 is 37.6 Å². The number of ether oxygens (including phenoxy) is 2. The van der Waals surface area contributed by atoms with Gasteiger partial charge in [-0.05, 0) is 83.5 Å². The second kappa shape index (κ2) is 43.3. The van der Waals surface area contributed by atoms with Crippen LogP contribution in [-0.2, 0) is 32.7 Å². The highest BCUT2D eigenvalue weighted by Crippen LogP contribution is 2.43. The van der Waals surface area contributed by atoms with Gasteiger partial charge in [0.05, 0.1) is 13.2 Å². The number of hydrogen-bond donors (Lipinski definition) is 2. The zero-order valence-electron chi connectivity index (χ0n) is 36.3. The number of unbranched alkanes of at least 4 members (excludes halogenated alkanes) is 19. The van der Waals surface area contributed by atoms with Gasteiger partial charge in [-0.1, -0.05) is 158 Å². The van der Waals surface area contributed by atoms with E-state index in [2.05, 4.69) is 74.6 Å². The monoisotopic (exact) mass is 822 g/mol. The molecule has 0 saturated carbocycles. The standard InChI is InChI=1S/C47H84NO8P/c1-3-5-7-9-11-13-15-17-19-21-22-24-26-28-30-32-34-36-38-40-47(50)56-45(44-55-57(51,52)54-42-41-48)43-53-46(49)39-37-35-33-31-29-27-25-23-20-18-16-14-12-10-8-6-4-2/h11-14,17-20,22,24,45H,3-10,15-16,21,23,25-44,48H2,1-2H3,(H,51,52)/b13-11-,14-12-,19-17-,20-18-,24-22-. The van der Waals surface area contributed by atoms with Crippen LogP contribution in [0.25, 0.3) is 0 Å². The van der Waals surface area contributed by atoms with Crippen molar-refractivity contribution in [1.82, 2.24) is 0 Å². The van der Waals surface area contributed by atoms with Crippen LogP contribution in [0.5, 0.6) is 0 Å². The van der Waals surface area contributed by atoms with Gasteiger partial charge in [-0.3, -0.25) is 18.6 Å². The van der Waals surface area contributed by atoms with Crippen LogP contribution in [0, 0.1) is 0 Å². The summed E-state index contributed by atoms with van der Waals surface area (Å²) >= 11 is 0. The van der Waals surface area contributed by atoms with Crippen LogP contribution in [0.3, 0.4) is 0 Å². The molecular weight excluding hydrogens is 737 g/mol. The molecule has 3 N–H and O–H groups in total. The molecule has 0 aliphatic carbocycles. The molecule has 10 heteroatoms. The maximum absolute atomic E-state index is 12.6. The Labute approximate surface area is 349 Å². The first-order chi connectivity index (χ1) is 27.8. The molecule has 0 radical (unpaired) electrons. The van der Waals surface area contributed by atoms with Crippen LogP contribution in [0.2, 0.25) is 0 Å². The third-order valence-electron chi connectivity index (χ3n) is 9.38. The molecule has 330 valence electrons. The third-order valence-corrected chi connectivity index (χ3v) is 10.4. The molecule has 0 aromatic heterocycles. The summed E-state index contributed by atoms with van der Waals surface area (Å²) in [6.07, 6.45) is 51.0. The Hall–Kier alpha value is -2.29. The van der Waals surface area contributed by atoms with Gasteiger partial charge in [0.25, 0.3) is 0 Å². The highest BCUT2D eigenvalue weighted by Gasteiger charge is 2.26. The molecule has 0 fully saturated rings. The minimum Gasteiger partial charge on any atom is -0.462 e. The van der Waals surface area contributed by atoms with Crippen molar-refractivity contribution in [2.45, 2.75) is 200 Å². The first kappa shape index (κ1) is 54.7. The van der Waals surface area contributed by atoms with E-state index >= 15 is 0 Å². The van der Waals surface area contributed by atoms with E-state index < -0.39 is 32.5 Å². The lowest BCUT2D eigenvalue weighted by Crippen LogP contribution is -2.29. The van der Waals surface area contributed by atoms with Crippen LogP contribution in [-0.4, -0.2) is 49.3 Å². The average Bonchev–Trinajstić information content (AvgIpc) is 3.20. The molecule has 0 aliphatic heterocycles. The van der Waals surface area contributed by atoms with Gasteiger partial charge in [-0.2, -0.15) is 0 Å². The highest BCUT2D eigenvalue weighted by molar-refractivity contribution is 7.47. The first-order valence-electron chi connectivity index (χ1n) is 22.8. The summed E-state index contributed by atoms with van der Waals surface area (Å²) in [5.74, 6) is -0.854. The van der Waals surface area contributed by atoms with E-state index in [1.165, 1.54) is 70.6 Å². The van der Waals surface area contributed by atoms with Crippen LogP contribution >= 0.6 is 7.82 Å². The normalized spacial score (nSPS) is 13.8. The number of allylic oxidation sites excluding steroid dienone is 10. The van der Waals surface area contributed by atoms with Crippen molar-refractivity contribution >= 4 is 19.8 Å². The number of nitrogens with two attached hydrogens (primary N) is 1. The molecule has 2 unspecified atom stereocenters. The van der Waals surface area contributed by atoms with Crippen LogP contribution in [0.4, 0.5) is 0 Å². The zero-order chi connectivity index (χ0) is 41.8. The van der Waals surface area contributed by atoms with Gasteiger partial charge in [-0.15, -0.1) is 0 Å². The molecule has 2 atom stereocenters. The third kappa shape index (κ3) is 43.1. The van der Waals surface area contributed by atoms with Gasteiger partial charge in [-0.25, -0.2) is 4.57 Å². The Morgan fingerprint density at radius 1 is 0.526 bits per heavy atom. The van der Waals surface area contributed by atoms with Crippen molar-refractivity contribution in [1.29, 1.82) is 0 Å². The summed E-state index contributed by atoms with van der Waals surface area (Å²) in [5, 5.41) is 0. The minimum absolute atomic E-state index is 0.0474. The zero-order valence-corrected chi connectivity index (χ0v) is 37.2. The molecule has 57 heavy (non-hydrogen) atoms. The van der Waals surface area contributed by atoms with Crippen molar-refractivity contribution in [3.05, 3.63) is 60.8 Å². The van der Waals surface area contributed by atoms with E-state index in [0.29, 0.717) is 6.42 Å². The molecule has 0 spiro atoms. The number of rotatable bonds is 42. The van der Waals surface area contributed by atoms with Crippen LogP contribution in [0.15, 0.2) is 60.8 Å². The largest absolute Gasteiger partial charge is 0.472 e. The molecule has 0 heterocycles. The van der Waals surface area contributed by atoms with E-state index in [4.69, 9.17) is 24.3 Å². The Bertz CT molecular complexity index is 1120. The molecule has 0 aromatic rings. The summed E-state index contributed by atoms with van der Waals surface area (Å²) in [6, 6.07) is 0. The minimum atomic E-state index is -4.39. The predicted molar refractivity (Wildman–Crippen MR) is 238 cm³/mol. The maximum Gasteiger partial charge on any atom is 0.472 e. The first-order valence-corrected chi connectivity index (χ1v) is 24.3. The van der Waals surface area contributed by atoms with E-state index in [9.17, 15) is 19.0 Å². The maximum atomic E-state index is 12.6. The molecule has 0 saturated heterocycles. The number of carbonyl (C=O) groups excluding carboxylic acids is 2. The van der Waals surface area contributed by atoms with E-state index in [0.717, 1.165) is 89.9 Å². The fraction of sp³-hybridized carbons (Fsp3) is 0.745. The molecule has 0 aromatic carbocycles. The molecule has 0 aliphatic rings. The quantitative estimate of drug-likeness (QED) is 0.0267. The summed E-state index contributed by atoms with van der Waals surface area (Å²) < 4.78 is 32.8. The number of carbonyl (C=O) groups is 2. The predicted octanol–water partition coefficient (Wildman–Crippen LogP) is 13.3. The van der Waals surface area contributed by atoms with Gasteiger partial charge < -0.3 is 20.1 Å². The highest BCUT2D eigenvalue weighted by atomic mass is 31.2. The molecule has 0 amide bonds. The Kier molecular flexibility index (Phi) is 41.6. The van der Waals surface area contributed by atoms with Crippen molar-refractivity contribution in [3.8, 4) is 0 Å². The molecule has 9 nitrogen and oxygen atoms in total. The van der Waals surface area contributed by atoms with Gasteiger partial charge >= 0.3 is 19.8 Å². The fourth-order valence-corrected chi connectivity index (χ4v) is 6.73. The number of hydrogen-bond acceptors (Lipinski definition) is 8. The average molecular weight is 822 g/mol. The summed E-state index contributed by atoms with van der Waals surface area (Å²) in [4.78, 5) is 34.9. The lowest BCUT2D eigenvalue weighted by molar-refractivity contribution is -0.161. The van der Waals surface area contributed by atoms with Gasteiger partial charge in [0.1, 0.15) is 6.61 Å². The Morgan fingerprint density at radius 2 is 0.912 bits per heavy atom. The lowest BCUT2D eigenvalue weighted by atomic mass is 10.1. The second-order valence-electron chi connectivity index (χ2n) is 14.9. The summed E-state index contributed by atoms with van der Waals surface area (Å²) in [6.45, 7) is 3.65. The molecular formula is C47H84NO8P. The Balaban J connectivity index is 4.18. The summed E-state index contributed by atoms with van der Waals surface area (Å²) in [5.41, 5.74) is 5.35. The number of phosphoric acid groups is 1. The van der Waals surface area contributed by atoms with E-state index in [-0.39, 0.29) is 32.6 Å². The lowest BCUT2D eigenvalue weighted by Gasteiger charge is -2.19. The van der Waals surface area contributed by atoms with Crippen LogP contribution < -0.4 is 5.73 Å². The second-order valence-corrected chi connectivity index (χ2v) is 16.4. The number of esters is 2. The van der Waals surface area contributed by atoms with Gasteiger partial charge in [0, 0.05) is 19.4 Å². The fourth-order valence-electron chi connectivity index (χ4n) is 5.96. The van der Waals surface area contributed by atoms with Crippen LogP contribution in [0.1, 0.15) is 194 Å². The van der Waals surface area contributed by atoms with Crippen molar-refractivity contribution in [2.24, 2.45) is 5.73 Å². The van der Waals surface area contributed by atoms with E-state index in [1.54, 1.807) is 0 Å². The van der Waals surface area contributed by atoms with Gasteiger partial charge in [0.2, 0.25) is 0 Å². The Morgan fingerprint density at radius 3 is 1.35 bits per heavy atom. The molecule has 0 rings (SSSR count). The number of phosphoric ester groups is 1. The van der Waals surface area contributed by atoms with Crippen molar-refractivity contribution in [2.75, 3.05) is 26.4 Å². The van der Waals surface area contributed by atoms with Gasteiger partial charge in [0.15, 0.2) is 6.10 Å².